The molecule has 2 aromatic rings. The quantitative estimate of drug-likeness (QED) is 0.453. The van der Waals surface area contributed by atoms with Crippen LogP contribution in [0, 0.1) is 12.8 Å². The number of thioether (sulfide) groups is 1. The standard InChI is InChI=1S/C18H22N2O2S/c1-12(2)11-22-18(21)13(3)23-17-10-16(19-14(4)20-17)15-8-6-5-7-9-15/h5-10,12-13H,11H2,1-4H3/t13-/m1/s1. The van der Waals surface area contributed by atoms with E-state index in [1.165, 1.54) is 11.8 Å². The second-order valence-corrected chi connectivity index (χ2v) is 7.15. The Hall–Kier alpha value is -1.88. The summed E-state index contributed by atoms with van der Waals surface area (Å²) in [6.45, 7) is 8.18. The van der Waals surface area contributed by atoms with Crippen LogP contribution in [0.25, 0.3) is 11.3 Å². The summed E-state index contributed by atoms with van der Waals surface area (Å²) in [5, 5.41) is 0.483. The SMILES string of the molecule is Cc1nc(S[C@H](C)C(=O)OCC(C)C)cc(-c2ccccc2)n1. The number of benzene rings is 1. The van der Waals surface area contributed by atoms with E-state index in [0.717, 1.165) is 16.3 Å². The molecular weight excluding hydrogens is 308 g/mol. The van der Waals surface area contributed by atoms with Crippen molar-refractivity contribution < 1.29 is 9.53 Å². The summed E-state index contributed by atoms with van der Waals surface area (Å²) < 4.78 is 5.28. The Labute approximate surface area is 141 Å². The first-order chi connectivity index (χ1) is 11.0. The largest absolute Gasteiger partial charge is 0.465 e. The molecule has 0 radical (unpaired) electrons. The van der Waals surface area contributed by atoms with Gasteiger partial charge in [-0.3, -0.25) is 4.79 Å². The predicted molar refractivity (Wildman–Crippen MR) is 93.3 cm³/mol. The van der Waals surface area contributed by atoms with Crippen LogP contribution in [-0.4, -0.2) is 27.8 Å². The van der Waals surface area contributed by atoms with Crippen LogP contribution in [0.5, 0.6) is 0 Å². The molecule has 1 heterocycles. The lowest BCUT2D eigenvalue weighted by Gasteiger charge is -2.13. The van der Waals surface area contributed by atoms with E-state index in [9.17, 15) is 4.79 Å². The fourth-order valence-electron chi connectivity index (χ4n) is 1.95. The summed E-state index contributed by atoms with van der Waals surface area (Å²) in [4.78, 5) is 20.9. The van der Waals surface area contributed by atoms with E-state index in [4.69, 9.17) is 4.74 Å². The minimum absolute atomic E-state index is 0.207. The fraction of sp³-hybridized carbons (Fsp3) is 0.389. The molecule has 0 aliphatic heterocycles. The van der Waals surface area contributed by atoms with Crippen LogP contribution < -0.4 is 0 Å². The maximum atomic E-state index is 12.0. The molecule has 0 aliphatic rings. The normalized spacial score (nSPS) is 12.2. The van der Waals surface area contributed by atoms with Crippen molar-refractivity contribution in [2.45, 2.75) is 38.0 Å². The average molecular weight is 330 g/mol. The number of nitrogens with zero attached hydrogens (tertiary/aromatic N) is 2. The van der Waals surface area contributed by atoms with Gasteiger partial charge in [-0.25, -0.2) is 9.97 Å². The molecule has 2 rings (SSSR count). The zero-order valence-corrected chi connectivity index (χ0v) is 14.8. The highest BCUT2D eigenvalue weighted by Crippen LogP contribution is 2.26. The Morgan fingerprint density at radius 1 is 1.17 bits per heavy atom. The highest BCUT2D eigenvalue weighted by molar-refractivity contribution is 8.00. The van der Waals surface area contributed by atoms with E-state index < -0.39 is 0 Å². The van der Waals surface area contributed by atoms with Crippen molar-refractivity contribution in [1.29, 1.82) is 0 Å². The van der Waals surface area contributed by atoms with Crippen molar-refractivity contribution in [1.82, 2.24) is 9.97 Å². The van der Waals surface area contributed by atoms with Gasteiger partial charge in [-0.1, -0.05) is 55.9 Å². The summed E-state index contributed by atoms with van der Waals surface area (Å²) in [5.74, 6) is 0.819. The Balaban J connectivity index is 2.11. The molecule has 0 amide bonds. The molecule has 0 N–H and O–H groups in total. The van der Waals surface area contributed by atoms with Crippen molar-refractivity contribution in [2.24, 2.45) is 5.92 Å². The molecule has 4 nitrogen and oxygen atoms in total. The number of hydrogen-bond acceptors (Lipinski definition) is 5. The highest BCUT2D eigenvalue weighted by Gasteiger charge is 2.18. The van der Waals surface area contributed by atoms with Gasteiger partial charge >= 0.3 is 5.97 Å². The third-order valence-electron chi connectivity index (χ3n) is 3.07. The van der Waals surface area contributed by atoms with Crippen molar-refractivity contribution in [3.8, 4) is 11.3 Å². The van der Waals surface area contributed by atoms with Crippen molar-refractivity contribution in [3.63, 3.8) is 0 Å². The molecule has 0 saturated heterocycles. The van der Waals surface area contributed by atoms with Gasteiger partial charge in [0.05, 0.1) is 12.3 Å². The van der Waals surface area contributed by atoms with Crippen LogP contribution >= 0.6 is 11.8 Å². The monoisotopic (exact) mass is 330 g/mol. The van der Waals surface area contributed by atoms with Gasteiger partial charge in [0.1, 0.15) is 16.1 Å². The summed E-state index contributed by atoms with van der Waals surface area (Å²) >= 11 is 1.40. The molecule has 5 heteroatoms. The van der Waals surface area contributed by atoms with Gasteiger partial charge in [0.25, 0.3) is 0 Å². The fourth-order valence-corrected chi connectivity index (χ4v) is 2.84. The smallest absolute Gasteiger partial charge is 0.319 e. The first kappa shape index (κ1) is 17.5. The summed E-state index contributed by atoms with van der Waals surface area (Å²) in [6.07, 6.45) is 0. The molecule has 1 aromatic carbocycles. The molecule has 1 atom stereocenters. The first-order valence-electron chi connectivity index (χ1n) is 7.70. The van der Waals surface area contributed by atoms with Gasteiger partial charge in [-0.05, 0) is 25.8 Å². The molecule has 0 saturated carbocycles. The number of ether oxygens (including phenoxy) is 1. The Morgan fingerprint density at radius 3 is 2.52 bits per heavy atom. The molecule has 0 spiro atoms. The number of esters is 1. The maximum Gasteiger partial charge on any atom is 0.319 e. The van der Waals surface area contributed by atoms with Crippen molar-refractivity contribution in [2.75, 3.05) is 6.61 Å². The molecule has 1 aromatic heterocycles. The molecule has 0 unspecified atom stereocenters. The number of rotatable bonds is 6. The van der Waals surface area contributed by atoms with Crippen LogP contribution in [0.3, 0.4) is 0 Å². The molecule has 0 fully saturated rings. The van der Waals surface area contributed by atoms with E-state index in [1.807, 2.05) is 64.1 Å². The molecule has 0 bridgehead atoms. The lowest BCUT2D eigenvalue weighted by molar-refractivity contribution is -0.143. The number of aromatic nitrogens is 2. The number of aryl methyl sites for hydroxylation is 1. The maximum absolute atomic E-state index is 12.0. The van der Waals surface area contributed by atoms with Crippen LogP contribution in [0.2, 0.25) is 0 Å². The molecule has 0 aliphatic carbocycles. The van der Waals surface area contributed by atoms with Gasteiger partial charge in [0.15, 0.2) is 0 Å². The van der Waals surface area contributed by atoms with E-state index >= 15 is 0 Å². The zero-order valence-electron chi connectivity index (χ0n) is 13.9. The van der Waals surface area contributed by atoms with Crippen molar-refractivity contribution >= 4 is 17.7 Å². The van der Waals surface area contributed by atoms with E-state index in [1.54, 1.807) is 0 Å². The second kappa shape index (κ2) is 8.11. The van der Waals surface area contributed by atoms with Gasteiger partial charge in [0.2, 0.25) is 0 Å². The van der Waals surface area contributed by atoms with Crippen LogP contribution in [0.1, 0.15) is 26.6 Å². The van der Waals surface area contributed by atoms with Gasteiger partial charge in [0, 0.05) is 5.56 Å². The van der Waals surface area contributed by atoms with Crippen LogP contribution in [-0.2, 0) is 9.53 Å². The third-order valence-corrected chi connectivity index (χ3v) is 4.07. The van der Waals surface area contributed by atoms with Crippen LogP contribution in [0.15, 0.2) is 41.4 Å². The second-order valence-electron chi connectivity index (χ2n) is 5.79. The Morgan fingerprint density at radius 2 is 1.87 bits per heavy atom. The van der Waals surface area contributed by atoms with E-state index in [-0.39, 0.29) is 11.2 Å². The number of carbonyl (C=O) groups excluding carboxylic acids is 1. The number of hydrogen-bond donors (Lipinski definition) is 0. The summed E-state index contributed by atoms with van der Waals surface area (Å²) in [6, 6.07) is 11.9. The van der Waals surface area contributed by atoms with E-state index in [0.29, 0.717) is 18.3 Å². The lowest BCUT2D eigenvalue weighted by atomic mass is 10.1. The highest BCUT2D eigenvalue weighted by atomic mass is 32.2. The Kier molecular flexibility index (Phi) is 6.16. The lowest BCUT2D eigenvalue weighted by Crippen LogP contribution is -2.19. The Bertz CT molecular complexity index is 659. The van der Waals surface area contributed by atoms with Gasteiger partial charge in [-0.15, -0.1) is 0 Å². The average Bonchev–Trinajstić information content (AvgIpc) is 2.52. The predicted octanol–water partition coefficient (Wildman–Crippen LogP) is 4.13. The third kappa shape index (κ3) is 5.36. The minimum atomic E-state index is -0.299. The van der Waals surface area contributed by atoms with Gasteiger partial charge < -0.3 is 4.74 Å². The summed E-state index contributed by atoms with van der Waals surface area (Å²) in [7, 11) is 0. The minimum Gasteiger partial charge on any atom is -0.465 e. The van der Waals surface area contributed by atoms with Gasteiger partial charge in [-0.2, -0.15) is 0 Å². The zero-order chi connectivity index (χ0) is 16.8. The van der Waals surface area contributed by atoms with E-state index in [2.05, 4.69) is 9.97 Å². The number of carbonyl (C=O) groups is 1. The molecule has 122 valence electrons. The van der Waals surface area contributed by atoms with Crippen molar-refractivity contribution in [3.05, 3.63) is 42.2 Å². The molecule has 23 heavy (non-hydrogen) atoms. The first-order valence-corrected chi connectivity index (χ1v) is 8.58. The topological polar surface area (TPSA) is 52.1 Å². The summed E-state index contributed by atoms with van der Waals surface area (Å²) in [5.41, 5.74) is 1.90. The van der Waals surface area contributed by atoms with Crippen LogP contribution in [0.4, 0.5) is 0 Å². The molecular formula is C18H22N2O2S.